The van der Waals surface area contributed by atoms with Crippen LogP contribution in [0.2, 0.25) is 0 Å². The first kappa shape index (κ1) is 17.5. The van der Waals surface area contributed by atoms with Gasteiger partial charge >= 0.3 is 5.97 Å². The minimum Gasteiger partial charge on any atom is -0.482 e. The summed E-state index contributed by atoms with van der Waals surface area (Å²) < 4.78 is 10.7. The van der Waals surface area contributed by atoms with Gasteiger partial charge in [0.1, 0.15) is 11.8 Å². The number of nitrogens with zero attached hydrogens (tertiary/aromatic N) is 1. The highest BCUT2D eigenvalue weighted by Crippen LogP contribution is 2.22. The van der Waals surface area contributed by atoms with Gasteiger partial charge in [0.2, 0.25) is 0 Å². The van der Waals surface area contributed by atoms with Gasteiger partial charge < -0.3 is 14.8 Å². The monoisotopic (exact) mass is 388 g/mol. The third-order valence-corrected chi connectivity index (χ3v) is 3.52. The number of nitriles is 1. The van der Waals surface area contributed by atoms with E-state index in [2.05, 4.69) is 21.2 Å². The van der Waals surface area contributed by atoms with Gasteiger partial charge in [-0.3, -0.25) is 4.79 Å². The number of methoxy groups -OCH3 is 1. The van der Waals surface area contributed by atoms with Crippen LogP contribution >= 0.6 is 15.9 Å². The van der Waals surface area contributed by atoms with Crippen LogP contribution in [0, 0.1) is 11.3 Å². The molecule has 0 saturated heterocycles. The summed E-state index contributed by atoms with van der Waals surface area (Å²) in [4.78, 5) is 23.8. The fraction of sp³-hybridized carbons (Fsp3) is 0.118. The number of ether oxygens (including phenoxy) is 2. The molecule has 0 aliphatic heterocycles. The lowest BCUT2D eigenvalue weighted by Crippen LogP contribution is -2.22. The van der Waals surface area contributed by atoms with Gasteiger partial charge in [0, 0.05) is 4.47 Å². The maximum Gasteiger partial charge on any atom is 0.340 e. The Labute approximate surface area is 147 Å². The zero-order valence-electron chi connectivity index (χ0n) is 12.7. The Kier molecular flexibility index (Phi) is 5.93. The number of carbonyl (C=O) groups is 2. The Morgan fingerprint density at radius 3 is 2.71 bits per heavy atom. The molecule has 0 atom stereocenters. The largest absolute Gasteiger partial charge is 0.482 e. The number of halogens is 1. The van der Waals surface area contributed by atoms with Crippen molar-refractivity contribution < 1.29 is 19.1 Å². The predicted octanol–water partition coefficient (Wildman–Crippen LogP) is 3.12. The minimum atomic E-state index is -0.567. The van der Waals surface area contributed by atoms with Crippen LogP contribution in [0.15, 0.2) is 46.9 Å². The zero-order valence-corrected chi connectivity index (χ0v) is 14.3. The number of para-hydroxylation sites is 1. The summed E-state index contributed by atoms with van der Waals surface area (Å²) in [5, 5.41) is 11.6. The normalized spacial score (nSPS) is 9.71. The van der Waals surface area contributed by atoms with E-state index >= 15 is 0 Å². The lowest BCUT2D eigenvalue weighted by Gasteiger charge is -2.11. The molecule has 0 aromatic heterocycles. The maximum absolute atomic E-state index is 12.1. The van der Waals surface area contributed by atoms with Gasteiger partial charge in [0.15, 0.2) is 6.61 Å². The average molecular weight is 389 g/mol. The number of anilines is 1. The molecule has 2 rings (SSSR count). The lowest BCUT2D eigenvalue weighted by atomic mass is 10.2. The van der Waals surface area contributed by atoms with E-state index in [9.17, 15) is 9.59 Å². The summed E-state index contributed by atoms with van der Waals surface area (Å²) in [6, 6.07) is 13.4. The van der Waals surface area contributed by atoms with Crippen molar-refractivity contribution in [2.45, 2.75) is 0 Å². The number of hydrogen-bond donors (Lipinski definition) is 1. The fourth-order valence-electron chi connectivity index (χ4n) is 1.92. The van der Waals surface area contributed by atoms with Gasteiger partial charge in [0.05, 0.1) is 23.9 Å². The van der Waals surface area contributed by atoms with Gasteiger partial charge in [0.25, 0.3) is 5.91 Å². The van der Waals surface area contributed by atoms with E-state index in [4.69, 9.17) is 14.7 Å². The van der Waals surface area contributed by atoms with Crippen molar-refractivity contribution in [3.8, 4) is 11.8 Å². The average Bonchev–Trinajstić information content (AvgIpc) is 2.61. The van der Waals surface area contributed by atoms with Gasteiger partial charge in [-0.1, -0.05) is 28.1 Å². The van der Waals surface area contributed by atoms with Crippen LogP contribution in [0.4, 0.5) is 5.69 Å². The molecule has 2 aromatic carbocycles. The second-order valence-corrected chi connectivity index (χ2v) is 5.54. The highest BCUT2D eigenvalue weighted by atomic mass is 79.9. The Balaban J connectivity index is 2.08. The molecule has 0 aliphatic carbocycles. The molecule has 24 heavy (non-hydrogen) atoms. The third-order valence-electron chi connectivity index (χ3n) is 3.03. The van der Waals surface area contributed by atoms with Gasteiger partial charge in [-0.05, 0) is 30.3 Å². The van der Waals surface area contributed by atoms with E-state index in [0.29, 0.717) is 21.5 Å². The molecule has 6 nitrogen and oxygen atoms in total. The zero-order chi connectivity index (χ0) is 17.5. The first-order valence-electron chi connectivity index (χ1n) is 6.84. The highest BCUT2D eigenvalue weighted by molar-refractivity contribution is 9.10. The number of rotatable bonds is 5. The quantitative estimate of drug-likeness (QED) is 0.794. The number of benzene rings is 2. The summed E-state index contributed by atoms with van der Waals surface area (Å²) in [7, 11) is 1.26. The van der Waals surface area contributed by atoms with Crippen molar-refractivity contribution in [2.24, 2.45) is 0 Å². The first-order valence-corrected chi connectivity index (χ1v) is 7.64. The van der Waals surface area contributed by atoms with E-state index < -0.39 is 11.9 Å². The van der Waals surface area contributed by atoms with Crippen LogP contribution in [-0.2, 0) is 9.53 Å². The van der Waals surface area contributed by atoms with Crippen molar-refractivity contribution in [3.63, 3.8) is 0 Å². The summed E-state index contributed by atoms with van der Waals surface area (Å²) in [6.45, 7) is -0.296. The topological polar surface area (TPSA) is 88.4 Å². The van der Waals surface area contributed by atoms with Crippen LogP contribution in [0.1, 0.15) is 15.9 Å². The van der Waals surface area contributed by atoms with Crippen LogP contribution in [0.25, 0.3) is 0 Å². The van der Waals surface area contributed by atoms with Crippen molar-refractivity contribution in [2.75, 3.05) is 19.0 Å². The molecule has 1 amide bonds. The Morgan fingerprint density at radius 2 is 2.00 bits per heavy atom. The van der Waals surface area contributed by atoms with Crippen molar-refractivity contribution in [1.82, 2.24) is 0 Å². The van der Waals surface area contributed by atoms with Crippen LogP contribution in [-0.4, -0.2) is 25.6 Å². The van der Waals surface area contributed by atoms with Crippen LogP contribution in [0.3, 0.4) is 0 Å². The summed E-state index contributed by atoms with van der Waals surface area (Å²) in [5.41, 5.74) is 0.869. The van der Waals surface area contributed by atoms with Crippen molar-refractivity contribution >= 4 is 33.5 Å². The van der Waals surface area contributed by atoms with Crippen molar-refractivity contribution in [1.29, 1.82) is 5.26 Å². The fourth-order valence-corrected chi connectivity index (χ4v) is 2.28. The number of esters is 1. The molecular formula is C17H13BrN2O4. The smallest absolute Gasteiger partial charge is 0.340 e. The standard InChI is InChI=1S/C17H13BrN2O4/c1-23-17(22)13-8-12(18)6-7-14(13)20-16(21)10-24-15-5-3-2-4-11(15)9-19/h2-8H,10H2,1H3,(H,20,21). The SMILES string of the molecule is COC(=O)c1cc(Br)ccc1NC(=O)COc1ccccc1C#N. The molecule has 0 aliphatic rings. The van der Waals surface area contributed by atoms with Crippen molar-refractivity contribution in [3.05, 3.63) is 58.1 Å². The van der Waals surface area contributed by atoms with Crippen LogP contribution < -0.4 is 10.1 Å². The third kappa shape index (κ3) is 4.33. The summed E-state index contributed by atoms with van der Waals surface area (Å²) in [6.07, 6.45) is 0. The van der Waals surface area contributed by atoms with E-state index in [1.165, 1.54) is 7.11 Å². The molecule has 2 aromatic rings. The van der Waals surface area contributed by atoms with Crippen LogP contribution in [0.5, 0.6) is 5.75 Å². The number of carbonyl (C=O) groups excluding carboxylic acids is 2. The second kappa shape index (κ2) is 8.13. The van der Waals surface area contributed by atoms with Gasteiger partial charge in [-0.25, -0.2) is 4.79 Å². The summed E-state index contributed by atoms with van der Waals surface area (Å²) >= 11 is 3.26. The molecule has 7 heteroatoms. The molecule has 122 valence electrons. The van der Waals surface area contributed by atoms with E-state index in [1.54, 1.807) is 42.5 Å². The number of amides is 1. The van der Waals surface area contributed by atoms with Gasteiger partial charge in [-0.15, -0.1) is 0 Å². The molecular weight excluding hydrogens is 376 g/mol. The number of nitrogens with one attached hydrogen (secondary N) is 1. The highest BCUT2D eigenvalue weighted by Gasteiger charge is 2.15. The van der Waals surface area contributed by atoms with E-state index in [-0.39, 0.29) is 12.2 Å². The Morgan fingerprint density at radius 1 is 1.25 bits per heavy atom. The molecule has 0 spiro atoms. The minimum absolute atomic E-state index is 0.220. The van der Waals surface area contributed by atoms with E-state index in [1.807, 2.05) is 6.07 Å². The summed E-state index contributed by atoms with van der Waals surface area (Å²) in [5.74, 6) is -0.711. The predicted molar refractivity (Wildman–Crippen MR) is 90.8 cm³/mol. The Hall–Kier alpha value is -2.85. The molecule has 0 heterocycles. The lowest BCUT2D eigenvalue weighted by molar-refractivity contribution is -0.118. The molecule has 0 fully saturated rings. The number of hydrogen-bond acceptors (Lipinski definition) is 5. The molecule has 0 saturated carbocycles. The molecule has 1 N–H and O–H groups in total. The molecule has 0 radical (unpaired) electrons. The molecule has 0 bridgehead atoms. The maximum atomic E-state index is 12.1. The van der Waals surface area contributed by atoms with E-state index in [0.717, 1.165) is 0 Å². The Bertz CT molecular complexity index is 814. The van der Waals surface area contributed by atoms with Gasteiger partial charge in [-0.2, -0.15) is 5.26 Å². The second-order valence-electron chi connectivity index (χ2n) is 4.63. The first-order chi connectivity index (χ1) is 11.5. The molecule has 0 unspecified atom stereocenters.